The molecule has 27 heavy (non-hydrogen) atoms. The number of sulfonamides is 1. The lowest BCUT2D eigenvalue weighted by Gasteiger charge is -2.33. The Labute approximate surface area is 162 Å². The van der Waals surface area contributed by atoms with Gasteiger partial charge in [0.15, 0.2) is 0 Å². The highest BCUT2D eigenvalue weighted by Gasteiger charge is 2.37. The minimum absolute atomic E-state index is 0.0609. The maximum Gasteiger partial charge on any atom is 0.261 e. The summed E-state index contributed by atoms with van der Waals surface area (Å²) in [5, 5.41) is 0.250. The molecule has 1 aliphatic carbocycles. The largest absolute Gasteiger partial charge is 0.310 e. The molecule has 0 aromatic heterocycles. The molecule has 4 rings (SSSR count). The van der Waals surface area contributed by atoms with Gasteiger partial charge in [0.2, 0.25) is 5.91 Å². The minimum atomic E-state index is -3.85. The SMILES string of the molecule is C[C@H]1CN(C(=O)C2CC2)c2cc(S(=O)(=O)Nc3ccc(F)cc3)ccc2S1. The zero-order valence-corrected chi connectivity index (χ0v) is 16.3. The summed E-state index contributed by atoms with van der Waals surface area (Å²) in [5.41, 5.74) is 0.931. The van der Waals surface area contributed by atoms with Gasteiger partial charge in [-0.3, -0.25) is 9.52 Å². The van der Waals surface area contributed by atoms with E-state index in [-0.39, 0.29) is 27.7 Å². The summed E-state index contributed by atoms with van der Waals surface area (Å²) < 4.78 is 41.0. The van der Waals surface area contributed by atoms with Crippen molar-refractivity contribution in [1.29, 1.82) is 0 Å². The van der Waals surface area contributed by atoms with Crippen molar-refractivity contribution in [3.63, 3.8) is 0 Å². The number of halogens is 1. The fraction of sp³-hybridized carbons (Fsp3) is 0.316. The third-order valence-electron chi connectivity index (χ3n) is 4.59. The first kappa shape index (κ1) is 18.3. The second-order valence-corrected chi connectivity index (χ2v) is 10.1. The van der Waals surface area contributed by atoms with Crippen LogP contribution in [0.1, 0.15) is 19.8 Å². The van der Waals surface area contributed by atoms with Crippen molar-refractivity contribution in [3.8, 4) is 0 Å². The maximum atomic E-state index is 13.0. The number of rotatable bonds is 4. The zero-order valence-electron chi connectivity index (χ0n) is 14.7. The number of benzene rings is 2. The average molecular weight is 407 g/mol. The van der Waals surface area contributed by atoms with Crippen LogP contribution in [0, 0.1) is 11.7 Å². The number of thioether (sulfide) groups is 1. The van der Waals surface area contributed by atoms with E-state index in [1.54, 1.807) is 28.8 Å². The van der Waals surface area contributed by atoms with Crippen LogP contribution in [0.25, 0.3) is 0 Å². The van der Waals surface area contributed by atoms with Gasteiger partial charge in [0.05, 0.1) is 10.6 Å². The third kappa shape index (κ3) is 3.82. The van der Waals surface area contributed by atoms with Crippen LogP contribution in [0.15, 0.2) is 52.3 Å². The first-order chi connectivity index (χ1) is 12.8. The Morgan fingerprint density at radius 2 is 1.89 bits per heavy atom. The van der Waals surface area contributed by atoms with Crippen LogP contribution in [-0.4, -0.2) is 26.1 Å². The van der Waals surface area contributed by atoms with E-state index in [9.17, 15) is 17.6 Å². The van der Waals surface area contributed by atoms with Gasteiger partial charge < -0.3 is 4.90 Å². The molecule has 1 N–H and O–H groups in total. The maximum absolute atomic E-state index is 13.0. The predicted octanol–water partition coefficient (Wildman–Crippen LogP) is 3.86. The van der Waals surface area contributed by atoms with E-state index in [2.05, 4.69) is 11.6 Å². The number of amides is 1. The molecule has 0 bridgehead atoms. The highest BCUT2D eigenvalue weighted by molar-refractivity contribution is 8.00. The number of carbonyl (C=O) groups is 1. The molecule has 8 heteroatoms. The van der Waals surface area contributed by atoms with Crippen molar-refractivity contribution >= 4 is 39.1 Å². The zero-order chi connectivity index (χ0) is 19.2. The molecule has 0 unspecified atom stereocenters. The van der Waals surface area contributed by atoms with Crippen molar-refractivity contribution in [2.75, 3.05) is 16.2 Å². The summed E-state index contributed by atoms with van der Waals surface area (Å²) in [6.45, 7) is 2.63. The Hall–Kier alpha value is -2.06. The molecular formula is C19H19FN2O3S2. The highest BCUT2D eigenvalue weighted by atomic mass is 32.2. The lowest BCUT2D eigenvalue weighted by atomic mass is 10.2. The molecule has 2 aromatic carbocycles. The molecular weight excluding hydrogens is 387 g/mol. The molecule has 0 saturated heterocycles. The Morgan fingerprint density at radius 1 is 1.19 bits per heavy atom. The van der Waals surface area contributed by atoms with E-state index in [1.807, 2.05) is 0 Å². The lowest BCUT2D eigenvalue weighted by molar-refractivity contribution is -0.119. The van der Waals surface area contributed by atoms with Gasteiger partial charge in [0.1, 0.15) is 5.82 Å². The van der Waals surface area contributed by atoms with Crippen LogP contribution in [0.5, 0.6) is 0 Å². The number of nitrogens with one attached hydrogen (secondary N) is 1. The number of nitrogens with zero attached hydrogens (tertiary/aromatic N) is 1. The molecule has 1 atom stereocenters. The normalized spacial score (nSPS) is 19.5. The minimum Gasteiger partial charge on any atom is -0.310 e. The van der Waals surface area contributed by atoms with E-state index < -0.39 is 15.8 Å². The van der Waals surface area contributed by atoms with Gasteiger partial charge in [0, 0.05) is 28.3 Å². The lowest BCUT2D eigenvalue weighted by Crippen LogP contribution is -2.39. The molecule has 0 radical (unpaired) electrons. The second kappa shape index (κ2) is 6.83. The van der Waals surface area contributed by atoms with Gasteiger partial charge in [0.25, 0.3) is 10.0 Å². The first-order valence-corrected chi connectivity index (χ1v) is 11.1. The summed E-state index contributed by atoms with van der Waals surface area (Å²) in [7, 11) is -3.85. The highest BCUT2D eigenvalue weighted by Crippen LogP contribution is 2.42. The summed E-state index contributed by atoms with van der Waals surface area (Å²) in [5.74, 6) is -0.303. The van der Waals surface area contributed by atoms with Crippen LogP contribution in [0.4, 0.5) is 15.8 Å². The van der Waals surface area contributed by atoms with E-state index in [0.717, 1.165) is 17.7 Å². The van der Waals surface area contributed by atoms with Crippen LogP contribution in [0.2, 0.25) is 0 Å². The average Bonchev–Trinajstić information content (AvgIpc) is 3.47. The number of fused-ring (bicyclic) bond motifs is 1. The Morgan fingerprint density at radius 3 is 2.56 bits per heavy atom. The fourth-order valence-electron chi connectivity index (χ4n) is 3.08. The van der Waals surface area contributed by atoms with Crippen molar-refractivity contribution < 1.29 is 17.6 Å². The summed E-state index contributed by atoms with van der Waals surface area (Å²) >= 11 is 1.64. The fourth-order valence-corrected chi connectivity index (χ4v) is 5.25. The quantitative estimate of drug-likeness (QED) is 0.837. The van der Waals surface area contributed by atoms with Crippen LogP contribution in [0.3, 0.4) is 0 Å². The van der Waals surface area contributed by atoms with E-state index in [1.165, 1.54) is 30.3 Å². The van der Waals surface area contributed by atoms with Crippen molar-refractivity contribution in [1.82, 2.24) is 0 Å². The molecule has 1 saturated carbocycles. The van der Waals surface area contributed by atoms with Gasteiger partial charge >= 0.3 is 0 Å². The van der Waals surface area contributed by atoms with Crippen molar-refractivity contribution in [2.45, 2.75) is 34.8 Å². The number of hydrogen-bond donors (Lipinski definition) is 1. The Kier molecular flexibility index (Phi) is 4.63. The monoisotopic (exact) mass is 406 g/mol. The second-order valence-electron chi connectivity index (χ2n) is 6.89. The number of hydrogen-bond acceptors (Lipinski definition) is 4. The predicted molar refractivity (Wildman–Crippen MR) is 104 cm³/mol. The van der Waals surface area contributed by atoms with Gasteiger partial charge in [-0.2, -0.15) is 0 Å². The summed E-state index contributed by atoms with van der Waals surface area (Å²) in [6.07, 6.45) is 1.80. The van der Waals surface area contributed by atoms with Crippen molar-refractivity contribution in [3.05, 3.63) is 48.3 Å². The number of carbonyl (C=O) groups excluding carboxylic acids is 1. The van der Waals surface area contributed by atoms with Gasteiger partial charge in [-0.1, -0.05) is 6.92 Å². The smallest absolute Gasteiger partial charge is 0.261 e. The molecule has 0 spiro atoms. The molecule has 1 aliphatic heterocycles. The first-order valence-electron chi connectivity index (χ1n) is 8.74. The molecule has 2 aromatic rings. The van der Waals surface area contributed by atoms with Gasteiger partial charge in [-0.05, 0) is 55.3 Å². The van der Waals surface area contributed by atoms with Gasteiger partial charge in [-0.15, -0.1) is 11.8 Å². The molecule has 2 aliphatic rings. The Bertz CT molecular complexity index is 989. The van der Waals surface area contributed by atoms with E-state index >= 15 is 0 Å². The molecule has 142 valence electrons. The molecule has 1 amide bonds. The third-order valence-corrected chi connectivity index (χ3v) is 7.12. The van der Waals surface area contributed by atoms with Gasteiger partial charge in [-0.25, -0.2) is 12.8 Å². The van der Waals surface area contributed by atoms with Crippen LogP contribution in [-0.2, 0) is 14.8 Å². The van der Waals surface area contributed by atoms with E-state index in [4.69, 9.17) is 0 Å². The van der Waals surface area contributed by atoms with Crippen LogP contribution < -0.4 is 9.62 Å². The van der Waals surface area contributed by atoms with Crippen molar-refractivity contribution in [2.24, 2.45) is 5.92 Å². The standard InChI is InChI=1S/C19H19FN2O3S2/c1-12-11-22(19(23)13-2-3-13)17-10-16(8-9-18(17)26-12)27(24,25)21-15-6-4-14(20)5-7-15/h4-10,12-13,21H,2-3,11H2,1H3/t12-/m0/s1. The summed E-state index contributed by atoms with van der Waals surface area (Å²) in [4.78, 5) is 15.4. The molecule has 5 nitrogen and oxygen atoms in total. The van der Waals surface area contributed by atoms with E-state index in [0.29, 0.717) is 12.2 Å². The topological polar surface area (TPSA) is 66.5 Å². The Balaban J connectivity index is 1.67. The van der Waals surface area contributed by atoms with Crippen LogP contribution >= 0.6 is 11.8 Å². The number of anilines is 2. The summed E-state index contributed by atoms with van der Waals surface area (Å²) in [6, 6.07) is 9.97. The molecule has 1 heterocycles. The molecule has 1 fully saturated rings.